The summed E-state index contributed by atoms with van der Waals surface area (Å²) in [5.41, 5.74) is 1.46. The summed E-state index contributed by atoms with van der Waals surface area (Å²) in [6.45, 7) is 1.51. The van der Waals surface area contributed by atoms with Gasteiger partial charge in [-0.2, -0.15) is 0 Å². The molecule has 1 unspecified atom stereocenters. The summed E-state index contributed by atoms with van der Waals surface area (Å²) in [7, 11) is 1.52. The van der Waals surface area contributed by atoms with Crippen LogP contribution in [-0.4, -0.2) is 40.6 Å². The Kier molecular flexibility index (Phi) is 5.39. The number of rotatable bonds is 6. The van der Waals surface area contributed by atoms with Gasteiger partial charge in [0.15, 0.2) is 11.4 Å². The Hall–Kier alpha value is -3.07. The van der Waals surface area contributed by atoms with E-state index in [9.17, 15) is 13.6 Å². The zero-order valence-corrected chi connectivity index (χ0v) is 15.8. The normalized spacial score (nSPS) is 16.5. The van der Waals surface area contributed by atoms with Gasteiger partial charge in [-0.3, -0.25) is 4.79 Å². The SMILES string of the molecule is COc1cc(NC(=O)c2cccc(C(F)F)n2)cn2cc(CC3CCOC3)nc12. The maximum atomic E-state index is 12.8. The molecule has 1 amide bonds. The number of nitrogens with zero attached hydrogens (tertiary/aromatic N) is 3. The number of methoxy groups -OCH3 is 1. The molecule has 1 atom stereocenters. The second-order valence-electron chi connectivity index (χ2n) is 6.90. The van der Waals surface area contributed by atoms with E-state index in [1.807, 2.05) is 6.20 Å². The first-order valence-corrected chi connectivity index (χ1v) is 9.23. The largest absolute Gasteiger partial charge is 0.493 e. The number of aromatic nitrogens is 3. The molecule has 3 aromatic rings. The molecule has 1 N–H and O–H groups in total. The second-order valence-corrected chi connectivity index (χ2v) is 6.90. The molecule has 9 heteroatoms. The van der Waals surface area contributed by atoms with Crippen molar-refractivity contribution >= 4 is 17.2 Å². The van der Waals surface area contributed by atoms with Crippen LogP contribution in [-0.2, 0) is 11.2 Å². The maximum absolute atomic E-state index is 12.8. The van der Waals surface area contributed by atoms with Crippen LogP contribution in [0.4, 0.5) is 14.5 Å². The number of pyridine rings is 2. The lowest BCUT2D eigenvalue weighted by Crippen LogP contribution is -2.15. The highest BCUT2D eigenvalue weighted by atomic mass is 19.3. The van der Waals surface area contributed by atoms with E-state index in [4.69, 9.17) is 9.47 Å². The summed E-state index contributed by atoms with van der Waals surface area (Å²) in [6, 6.07) is 5.58. The third kappa shape index (κ3) is 4.19. The summed E-state index contributed by atoms with van der Waals surface area (Å²) in [6.07, 6.45) is 2.66. The Morgan fingerprint density at radius 1 is 1.38 bits per heavy atom. The van der Waals surface area contributed by atoms with Crippen molar-refractivity contribution in [3.63, 3.8) is 0 Å². The van der Waals surface area contributed by atoms with Gasteiger partial charge in [0, 0.05) is 31.7 Å². The Morgan fingerprint density at radius 3 is 2.97 bits per heavy atom. The summed E-state index contributed by atoms with van der Waals surface area (Å²) in [5.74, 6) is 0.349. The number of carbonyl (C=O) groups excluding carboxylic acids is 1. The van der Waals surface area contributed by atoms with Crippen molar-refractivity contribution < 1.29 is 23.0 Å². The number of fused-ring (bicyclic) bond motifs is 1. The molecule has 1 saturated heterocycles. The van der Waals surface area contributed by atoms with E-state index in [2.05, 4.69) is 15.3 Å². The van der Waals surface area contributed by atoms with Gasteiger partial charge in [-0.25, -0.2) is 18.7 Å². The van der Waals surface area contributed by atoms with Crippen LogP contribution in [0.1, 0.15) is 34.7 Å². The average molecular weight is 402 g/mol. The predicted molar refractivity (Wildman–Crippen MR) is 102 cm³/mol. The second kappa shape index (κ2) is 8.12. The molecule has 7 nitrogen and oxygen atoms in total. The molecule has 0 aromatic carbocycles. The number of alkyl halides is 2. The highest BCUT2D eigenvalue weighted by Gasteiger charge is 2.19. The summed E-state index contributed by atoms with van der Waals surface area (Å²) in [4.78, 5) is 20.8. The molecule has 0 bridgehead atoms. The molecule has 0 spiro atoms. The number of ether oxygens (including phenoxy) is 2. The van der Waals surface area contributed by atoms with Gasteiger partial charge >= 0.3 is 0 Å². The van der Waals surface area contributed by atoms with Crippen molar-refractivity contribution in [1.82, 2.24) is 14.4 Å². The van der Waals surface area contributed by atoms with Gasteiger partial charge in [-0.1, -0.05) is 6.07 Å². The number of imidazole rings is 1. The molecule has 152 valence electrons. The van der Waals surface area contributed by atoms with Gasteiger partial charge in [0.05, 0.1) is 18.5 Å². The number of carbonyl (C=O) groups is 1. The topological polar surface area (TPSA) is 77.8 Å². The van der Waals surface area contributed by atoms with Crippen molar-refractivity contribution in [2.45, 2.75) is 19.3 Å². The summed E-state index contributed by atoms with van der Waals surface area (Å²) >= 11 is 0. The first-order chi connectivity index (χ1) is 14.0. The van der Waals surface area contributed by atoms with Crippen molar-refractivity contribution in [2.24, 2.45) is 5.92 Å². The van der Waals surface area contributed by atoms with Crippen LogP contribution < -0.4 is 10.1 Å². The summed E-state index contributed by atoms with van der Waals surface area (Å²) in [5, 5.41) is 2.68. The molecule has 29 heavy (non-hydrogen) atoms. The molecular weight excluding hydrogens is 382 g/mol. The Bertz CT molecular complexity index is 1030. The molecule has 1 fully saturated rings. The van der Waals surface area contributed by atoms with Crippen LogP contribution in [0.3, 0.4) is 0 Å². The Balaban J connectivity index is 1.58. The van der Waals surface area contributed by atoms with Crippen LogP contribution in [0, 0.1) is 5.92 Å². The lowest BCUT2D eigenvalue weighted by Gasteiger charge is -2.09. The zero-order valence-electron chi connectivity index (χ0n) is 15.8. The molecule has 3 aromatic heterocycles. The number of amides is 1. The van der Waals surface area contributed by atoms with E-state index >= 15 is 0 Å². The van der Waals surface area contributed by atoms with Crippen molar-refractivity contribution in [2.75, 3.05) is 25.6 Å². The smallest absolute Gasteiger partial charge is 0.280 e. The molecule has 0 aliphatic carbocycles. The van der Waals surface area contributed by atoms with E-state index in [-0.39, 0.29) is 5.69 Å². The summed E-state index contributed by atoms with van der Waals surface area (Å²) < 4.78 is 38.3. The number of hydrogen-bond acceptors (Lipinski definition) is 5. The minimum atomic E-state index is -2.74. The highest BCUT2D eigenvalue weighted by Crippen LogP contribution is 2.26. The average Bonchev–Trinajstić information content (AvgIpc) is 3.37. The van der Waals surface area contributed by atoms with E-state index in [0.29, 0.717) is 23.0 Å². The van der Waals surface area contributed by atoms with Crippen LogP contribution in [0.25, 0.3) is 5.65 Å². The maximum Gasteiger partial charge on any atom is 0.280 e. The molecule has 4 heterocycles. The van der Waals surface area contributed by atoms with Crippen LogP contribution in [0.15, 0.2) is 36.7 Å². The molecular formula is C20H20F2N4O3. The number of hydrogen-bond donors (Lipinski definition) is 1. The third-order valence-corrected chi connectivity index (χ3v) is 4.79. The molecule has 0 saturated carbocycles. The predicted octanol–water partition coefficient (Wildman–Crippen LogP) is 3.51. The fourth-order valence-electron chi connectivity index (χ4n) is 3.37. The van der Waals surface area contributed by atoms with Crippen molar-refractivity contribution in [3.8, 4) is 5.75 Å². The van der Waals surface area contributed by atoms with Gasteiger partial charge in [-0.05, 0) is 30.9 Å². The van der Waals surface area contributed by atoms with Crippen molar-refractivity contribution in [3.05, 3.63) is 53.7 Å². The first kappa shape index (κ1) is 19.3. The lowest BCUT2D eigenvalue weighted by molar-refractivity contribution is 0.102. The Morgan fingerprint density at radius 2 is 2.24 bits per heavy atom. The van der Waals surface area contributed by atoms with Gasteiger partial charge in [0.1, 0.15) is 11.4 Å². The van der Waals surface area contributed by atoms with Gasteiger partial charge in [-0.15, -0.1) is 0 Å². The lowest BCUT2D eigenvalue weighted by atomic mass is 10.0. The van der Waals surface area contributed by atoms with Crippen LogP contribution >= 0.6 is 0 Å². The monoisotopic (exact) mass is 402 g/mol. The van der Waals surface area contributed by atoms with Crippen LogP contribution in [0.2, 0.25) is 0 Å². The molecule has 0 radical (unpaired) electrons. The fourth-order valence-corrected chi connectivity index (χ4v) is 3.37. The minimum Gasteiger partial charge on any atom is -0.493 e. The van der Waals surface area contributed by atoms with E-state index in [1.165, 1.54) is 25.3 Å². The standard InChI is InChI=1S/C20H20F2N4O3/c1-28-17-8-14(24-20(27)16-4-2-3-15(25-16)18(21)22)10-26-9-13(23-19(17)26)7-12-5-6-29-11-12/h2-4,8-10,12,18H,5-7,11H2,1H3,(H,24,27). The Labute approximate surface area is 165 Å². The molecule has 1 aliphatic rings. The third-order valence-electron chi connectivity index (χ3n) is 4.79. The fraction of sp³-hybridized carbons (Fsp3) is 0.350. The van der Waals surface area contributed by atoms with Crippen LogP contribution in [0.5, 0.6) is 5.75 Å². The minimum absolute atomic E-state index is 0.0885. The highest BCUT2D eigenvalue weighted by molar-refractivity contribution is 6.03. The quantitative estimate of drug-likeness (QED) is 0.683. The number of halogens is 2. The van der Waals surface area contributed by atoms with E-state index < -0.39 is 18.0 Å². The van der Waals surface area contributed by atoms with Crippen molar-refractivity contribution in [1.29, 1.82) is 0 Å². The van der Waals surface area contributed by atoms with E-state index in [1.54, 1.807) is 16.7 Å². The zero-order chi connectivity index (χ0) is 20.4. The number of anilines is 1. The number of nitrogens with one attached hydrogen (secondary N) is 1. The van der Waals surface area contributed by atoms with Gasteiger partial charge < -0.3 is 19.2 Å². The van der Waals surface area contributed by atoms with Gasteiger partial charge in [0.2, 0.25) is 0 Å². The first-order valence-electron chi connectivity index (χ1n) is 9.23. The van der Waals surface area contributed by atoms with Gasteiger partial charge in [0.25, 0.3) is 12.3 Å². The molecule has 1 aliphatic heterocycles. The van der Waals surface area contributed by atoms with E-state index in [0.717, 1.165) is 31.7 Å². The molecule has 4 rings (SSSR count).